The molecule has 23 heavy (non-hydrogen) atoms. The topological polar surface area (TPSA) is 47.5 Å². The Hall–Kier alpha value is -1.98. The van der Waals surface area contributed by atoms with E-state index >= 15 is 0 Å². The summed E-state index contributed by atoms with van der Waals surface area (Å²) in [5.41, 5.74) is 1.29. The molecule has 1 aliphatic heterocycles. The Morgan fingerprint density at radius 3 is 2.74 bits per heavy atom. The molecule has 1 atom stereocenters. The summed E-state index contributed by atoms with van der Waals surface area (Å²) in [5, 5.41) is 0. The number of benzene rings is 1. The molecule has 0 saturated carbocycles. The van der Waals surface area contributed by atoms with Gasteiger partial charge in [-0.15, -0.1) is 0 Å². The van der Waals surface area contributed by atoms with Crippen molar-refractivity contribution in [2.75, 3.05) is 33.4 Å². The Bertz CT molecular complexity index is 589. The number of aromatic nitrogens is 2. The highest BCUT2D eigenvalue weighted by Gasteiger charge is 2.20. The Morgan fingerprint density at radius 2 is 2.00 bits per heavy atom. The van der Waals surface area contributed by atoms with Gasteiger partial charge >= 0.3 is 0 Å². The molecule has 0 bridgehead atoms. The zero-order chi connectivity index (χ0) is 15.9. The van der Waals surface area contributed by atoms with Crippen LogP contribution >= 0.6 is 0 Å². The van der Waals surface area contributed by atoms with E-state index in [2.05, 4.69) is 27.0 Å². The van der Waals surface area contributed by atoms with Gasteiger partial charge in [-0.3, -0.25) is 4.90 Å². The molecule has 2 aromatic rings. The molecule has 1 fully saturated rings. The van der Waals surface area contributed by atoms with Crippen molar-refractivity contribution in [2.45, 2.75) is 13.0 Å². The summed E-state index contributed by atoms with van der Waals surface area (Å²) in [5.74, 6) is 2.22. The van der Waals surface area contributed by atoms with Gasteiger partial charge in [0.15, 0.2) is 0 Å². The number of nitrogens with zero attached hydrogens (tertiary/aromatic N) is 3. The van der Waals surface area contributed by atoms with Gasteiger partial charge in [-0.25, -0.2) is 9.97 Å². The van der Waals surface area contributed by atoms with Gasteiger partial charge in [-0.1, -0.05) is 12.1 Å². The van der Waals surface area contributed by atoms with Crippen LogP contribution in [0.15, 0.2) is 42.7 Å². The van der Waals surface area contributed by atoms with Gasteiger partial charge in [-0.2, -0.15) is 0 Å². The van der Waals surface area contributed by atoms with Crippen molar-refractivity contribution in [3.8, 4) is 5.75 Å². The first-order valence-corrected chi connectivity index (χ1v) is 8.02. The number of ether oxygens (including phenoxy) is 2. The van der Waals surface area contributed by atoms with Crippen LogP contribution in [0.5, 0.6) is 5.75 Å². The molecular weight excluding hydrogens is 290 g/mol. The normalized spacial score (nSPS) is 19.3. The first-order valence-electron chi connectivity index (χ1n) is 8.02. The first-order chi connectivity index (χ1) is 11.3. The lowest BCUT2D eigenvalue weighted by atomic mass is 10.1. The maximum absolute atomic E-state index is 5.77. The molecule has 1 aliphatic rings. The molecule has 0 aliphatic carbocycles. The fourth-order valence-corrected chi connectivity index (χ4v) is 2.90. The lowest BCUT2D eigenvalue weighted by Gasteiger charge is -2.23. The van der Waals surface area contributed by atoms with Gasteiger partial charge in [0.2, 0.25) is 0 Å². The second-order valence-electron chi connectivity index (χ2n) is 5.89. The zero-order valence-corrected chi connectivity index (χ0v) is 13.5. The minimum absolute atomic E-state index is 0.429. The van der Waals surface area contributed by atoms with E-state index in [1.807, 2.05) is 18.2 Å². The van der Waals surface area contributed by atoms with Crippen molar-refractivity contribution < 1.29 is 9.47 Å². The molecule has 0 amide bonds. The number of hydrogen-bond donors (Lipinski definition) is 0. The molecule has 0 spiro atoms. The third-order valence-corrected chi connectivity index (χ3v) is 4.08. The second kappa shape index (κ2) is 8.04. The Labute approximate surface area is 137 Å². The van der Waals surface area contributed by atoms with E-state index in [1.54, 1.807) is 19.5 Å². The minimum Gasteiger partial charge on any atom is -0.497 e. The molecule has 1 aromatic carbocycles. The van der Waals surface area contributed by atoms with Crippen LogP contribution in [-0.4, -0.2) is 48.3 Å². The van der Waals surface area contributed by atoms with E-state index in [-0.39, 0.29) is 0 Å². The van der Waals surface area contributed by atoms with Gasteiger partial charge in [-0.05, 0) is 23.8 Å². The molecule has 2 heterocycles. The van der Waals surface area contributed by atoms with Crippen LogP contribution in [0.25, 0.3) is 0 Å². The molecule has 5 heteroatoms. The molecule has 5 nitrogen and oxygen atoms in total. The van der Waals surface area contributed by atoms with Crippen LogP contribution in [0, 0.1) is 5.92 Å². The lowest BCUT2D eigenvalue weighted by Crippen LogP contribution is -2.30. The van der Waals surface area contributed by atoms with Crippen molar-refractivity contribution in [3.05, 3.63) is 54.1 Å². The van der Waals surface area contributed by atoms with Gasteiger partial charge in [0.05, 0.1) is 20.3 Å². The van der Waals surface area contributed by atoms with Crippen LogP contribution < -0.4 is 4.74 Å². The molecule has 0 N–H and O–H groups in total. The third-order valence-electron chi connectivity index (χ3n) is 4.08. The smallest absolute Gasteiger partial charge is 0.128 e. The minimum atomic E-state index is 0.429. The third kappa shape index (κ3) is 4.74. The van der Waals surface area contributed by atoms with Gasteiger partial charge < -0.3 is 9.47 Å². The molecule has 3 rings (SSSR count). The van der Waals surface area contributed by atoms with E-state index < -0.39 is 0 Å². The first kappa shape index (κ1) is 15.9. The molecule has 1 aromatic heterocycles. The summed E-state index contributed by atoms with van der Waals surface area (Å²) >= 11 is 0. The maximum atomic E-state index is 5.77. The van der Waals surface area contributed by atoms with Gasteiger partial charge in [0.25, 0.3) is 0 Å². The molecular formula is C18H23N3O2. The Kier molecular flexibility index (Phi) is 5.56. The molecule has 1 saturated heterocycles. The number of rotatable bonds is 5. The van der Waals surface area contributed by atoms with Crippen molar-refractivity contribution in [1.29, 1.82) is 0 Å². The fourth-order valence-electron chi connectivity index (χ4n) is 2.90. The van der Waals surface area contributed by atoms with Crippen LogP contribution in [0.4, 0.5) is 0 Å². The van der Waals surface area contributed by atoms with Gasteiger partial charge in [0, 0.05) is 44.4 Å². The second-order valence-corrected chi connectivity index (χ2v) is 5.89. The quantitative estimate of drug-likeness (QED) is 0.847. The highest BCUT2D eigenvalue weighted by Crippen LogP contribution is 2.16. The van der Waals surface area contributed by atoms with E-state index in [0.717, 1.165) is 50.8 Å². The van der Waals surface area contributed by atoms with Crippen molar-refractivity contribution in [2.24, 2.45) is 5.92 Å². The summed E-state index contributed by atoms with van der Waals surface area (Å²) in [7, 11) is 1.69. The van der Waals surface area contributed by atoms with Crippen LogP contribution in [-0.2, 0) is 17.7 Å². The van der Waals surface area contributed by atoms with Crippen molar-refractivity contribution in [1.82, 2.24) is 14.9 Å². The summed E-state index contributed by atoms with van der Waals surface area (Å²) in [6.07, 6.45) is 4.46. The lowest BCUT2D eigenvalue weighted by molar-refractivity contribution is 0.121. The SMILES string of the molecule is COc1ccc(CN2CCOCC(Cc3ncccn3)C2)cc1. The van der Waals surface area contributed by atoms with Crippen LogP contribution in [0.2, 0.25) is 0 Å². The number of methoxy groups -OCH3 is 1. The summed E-state index contributed by atoms with van der Waals surface area (Å²) in [6, 6.07) is 10.1. The predicted molar refractivity (Wildman–Crippen MR) is 88.3 cm³/mol. The summed E-state index contributed by atoms with van der Waals surface area (Å²) in [4.78, 5) is 11.1. The Morgan fingerprint density at radius 1 is 1.22 bits per heavy atom. The summed E-state index contributed by atoms with van der Waals surface area (Å²) in [6.45, 7) is 4.45. The molecule has 1 unspecified atom stereocenters. The molecule has 0 radical (unpaired) electrons. The maximum Gasteiger partial charge on any atom is 0.128 e. The van der Waals surface area contributed by atoms with Crippen molar-refractivity contribution in [3.63, 3.8) is 0 Å². The predicted octanol–water partition coefficient (Wildman–Crippen LogP) is 2.18. The highest BCUT2D eigenvalue weighted by molar-refractivity contribution is 5.27. The van der Waals surface area contributed by atoms with Crippen molar-refractivity contribution >= 4 is 0 Å². The Balaban J connectivity index is 1.60. The summed E-state index contributed by atoms with van der Waals surface area (Å²) < 4.78 is 11.0. The van der Waals surface area contributed by atoms with E-state index in [1.165, 1.54) is 5.56 Å². The van der Waals surface area contributed by atoms with E-state index in [4.69, 9.17) is 9.47 Å². The van der Waals surface area contributed by atoms with Gasteiger partial charge in [0.1, 0.15) is 11.6 Å². The monoisotopic (exact) mass is 313 g/mol. The fraction of sp³-hybridized carbons (Fsp3) is 0.444. The number of hydrogen-bond acceptors (Lipinski definition) is 5. The largest absolute Gasteiger partial charge is 0.497 e. The average molecular weight is 313 g/mol. The molecule has 122 valence electrons. The van der Waals surface area contributed by atoms with E-state index in [0.29, 0.717) is 5.92 Å². The van der Waals surface area contributed by atoms with Crippen LogP contribution in [0.1, 0.15) is 11.4 Å². The standard InChI is InChI=1S/C18H23N3O2/c1-22-17-5-3-15(4-6-17)12-21-9-10-23-14-16(13-21)11-18-19-7-2-8-20-18/h2-8,16H,9-14H2,1H3. The zero-order valence-electron chi connectivity index (χ0n) is 13.5. The highest BCUT2D eigenvalue weighted by atomic mass is 16.5. The van der Waals surface area contributed by atoms with E-state index in [9.17, 15) is 0 Å². The average Bonchev–Trinajstić information content (AvgIpc) is 2.81. The van der Waals surface area contributed by atoms with Crippen LogP contribution in [0.3, 0.4) is 0 Å².